The fraction of sp³-hybridized carbons (Fsp3) is 0.462. The molecule has 2 aromatic carbocycles. The number of nitrogens with zero attached hydrogens (tertiary/aromatic N) is 2. The van der Waals surface area contributed by atoms with E-state index < -0.39 is 0 Å². The second-order valence-corrected chi connectivity index (χ2v) is 8.07. The molecule has 0 atom stereocenters. The van der Waals surface area contributed by atoms with Crippen LogP contribution in [0.15, 0.2) is 42.5 Å². The zero-order valence-electron chi connectivity index (χ0n) is 19.7. The summed E-state index contributed by atoms with van der Waals surface area (Å²) in [7, 11) is 3.83. The first-order valence-corrected chi connectivity index (χ1v) is 11.4. The molecule has 0 saturated carbocycles. The van der Waals surface area contributed by atoms with Gasteiger partial charge in [-0.2, -0.15) is 0 Å². The van der Waals surface area contributed by atoms with Gasteiger partial charge in [-0.1, -0.05) is 38.3 Å². The Morgan fingerprint density at radius 2 is 1.55 bits per heavy atom. The molecule has 0 saturated heterocycles. The van der Waals surface area contributed by atoms with Crippen molar-refractivity contribution < 1.29 is 9.59 Å². The van der Waals surface area contributed by atoms with Gasteiger partial charge in [0.2, 0.25) is 0 Å². The molecule has 0 unspecified atom stereocenters. The molecule has 31 heavy (non-hydrogen) atoms. The number of anilines is 2. The third-order valence-electron chi connectivity index (χ3n) is 5.55. The molecule has 0 fully saturated rings. The maximum absolute atomic E-state index is 13.0. The Morgan fingerprint density at radius 1 is 0.871 bits per heavy atom. The molecular weight excluding hydrogens is 386 g/mol. The van der Waals surface area contributed by atoms with Crippen LogP contribution in [0, 0.1) is 0 Å². The molecule has 0 aliphatic rings. The Balaban J connectivity index is 2.13. The van der Waals surface area contributed by atoms with Gasteiger partial charge in [0.05, 0.1) is 5.56 Å². The number of benzene rings is 2. The number of carbonyl (C=O) groups is 2. The van der Waals surface area contributed by atoms with Crippen molar-refractivity contribution in [3.05, 3.63) is 59.2 Å². The summed E-state index contributed by atoms with van der Waals surface area (Å²) < 4.78 is 0. The fourth-order valence-electron chi connectivity index (χ4n) is 3.64. The van der Waals surface area contributed by atoms with Crippen LogP contribution in [0.4, 0.5) is 11.4 Å². The number of unbranched alkanes of at least 4 members (excludes halogenated alkanes) is 3. The number of amides is 2. The van der Waals surface area contributed by atoms with Gasteiger partial charge in [0.15, 0.2) is 0 Å². The van der Waals surface area contributed by atoms with Gasteiger partial charge in [0.1, 0.15) is 0 Å². The van der Waals surface area contributed by atoms with E-state index in [-0.39, 0.29) is 11.8 Å². The third kappa shape index (κ3) is 6.84. The summed E-state index contributed by atoms with van der Waals surface area (Å²) in [5.41, 5.74) is 3.92. The molecule has 2 rings (SSSR count). The monoisotopic (exact) mass is 423 g/mol. The minimum Gasteiger partial charge on any atom is -0.377 e. The van der Waals surface area contributed by atoms with Crippen LogP contribution < -0.4 is 10.2 Å². The van der Waals surface area contributed by atoms with Crippen LogP contribution >= 0.6 is 0 Å². The van der Waals surface area contributed by atoms with E-state index in [1.54, 1.807) is 11.0 Å². The van der Waals surface area contributed by atoms with Gasteiger partial charge in [-0.3, -0.25) is 9.59 Å². The minimum atomic E-state index is -0.170. The molecule has 0 bridgehead atoms. The molecule has 0 aromatic heterocycles. The van der Waals surface area contributed by atoms with Crippen LogP contribution in [0.1, 0.15) is 72.7 Å². The largest absolute Gasteiger partial charge is 0.377 e. The molecule has 0 aliphatic heterocycles. The average Bonchev–Trinajstić information content (AvgIpc) is 2.77. The number of nitrogens with one attached hydrogen (secondary N) is 1. The van der Waals surface area contributed by atoms with Crippen LogP contribution in [-0.4, -0.2) is 43.9 Å². The van der Waals surface area contributed by atoms with Gasteiger partial charge in [-0.15, -0.1) is 0 Å². The first-order chi connectivity index (χ1) is 14.9. The summed E-state index contributed by atoms with van der Waals surface area (Å²) in [5.74, 6) is -0.200. The van der Waals surface area contributed by atoms with E-state index in [0.717, 1.165) is 12.1 Å². The van der Waals surface area contributed by atoms with Crippen LogP contribution in [0.5, 0.6) is 0 Å². The van der Waals surface area contributed by atoms with Crippen molar-refractivity contribution >= 4 is 23.2 Å². The molecular formula is C26H37N3O2. The topological polar surface area (TPSA) is 52.7 Å². The normalized spacial score (nSPS) is 10.6. The first kappa shape index (κ1) is 24.4. The zero-order chi connectivity index (χ0) is 22.8. The SMILES string of the molecule is CCCCCCc1ccc(C(=O)Nc2ccc(N(C)C)c(C(=O)N(CC)CC)c2)cc1. The number of carbonyl (C=O) groups excluding carboxylic acids is 2. The van der Waals surface area contributed by atoms with Gasteiger partial charge >= 0.3 is 0 Å². The van der Waals surface area contributed by atoms with Crippen molar-refractivity contribution in [1.29, 1.82) is 0 Å². The lowest BCUT2D eigenvalue weighted by molar-refractivity contribution is 0.0773. The van der Waals surface area contributed by atoms with Crippen molar-refractivity contribution in [2.45, 2.75) is 52.9 Å². The van der Waals surface area contributed by atoms with E-state index in [2.05, 4.69) is 12.2 Å². The number of hydrogen-bond donors (Lipinski definition) is 1. The van der Waals surface area contributed by atoms with Gasteiger partial charge in [0.25, 0.3) is 11.8 Å². The Hall–Kier alpha value is -2.82. The molecule has 0 spiro atoms. The summed E-state index contributed by atoms with van der Waals surface area (Å²) >= 11 is 0. The molecule has 0 radical (unpaired) electrons. The van der Waals surface area contributed by atoms with Crippen LogP contribution in [0.2, 0.25) is 0 Å². The van der Waals surface area contributed by atoms with E-state index >= 15 is 0 Å². The molecule has 168 valence electrons. The number of hydrogen-bond acceptors (Lipinski definition) is 3. The standard InChI is InChI=1S/C26H37N3O2/c1-6-9-10-11-12-20-13-15-21(16-14-20)25(30)27-22-17-18-24(28(4)5)23(19-22)26(31)29(7-2)8-3/h13-19H,6-12H2,1-5H3,(H,27,30). The second-order valence-electron chi connectivity index (χ2n) is 8.07. The van der Waals surface area contributed by atoms with Crippen molar-refractivity contribution in [2.24, 2.45) is 0 Å². The predicted octanol–water partition coefficient (Wildman–Crippen LogP) is 5.61. The minimum absolute atomic E-state index is 0.0303. The predicted molar refractivity (Wildman–Crippen MR) is 130 cm³/mol. The molecule has 5 heteroatoms. The van der Waals surface area contributed by atoms with Crippen molar-refractivity contribution in [3.8, 4) is 0 Å². The summed E-state index contributed by atoms with van der Waals surface area (Å²) in [6.45, 7) is 7.43. The van der Waals surface area contributed by atoms with Crippen LogP contribution in [0.25, 0.3) is 0 Å². The number of rotatable bonds is 11. The Kier molecular flexibility index (Phi) is 9.57. The van der Waals surface area contributed by atoms with Crippen LogP contribution in [0.3, 0.4) is 0 Å². The second kappa shape index (κ2) is 12.1. The first-order valence-electron chi connectivity index (χ1n) is 11.4. The third-order valence-corrected chi connectivity index (χ3v) is 5.55. The van der Waals surface area contributed by atoms with E-state index in [9.17, 15) is 9.59 Å². The molecule has 5 nitrogen and oxygen atoms in total. The quantitative estimate of drug-likeness (QED) is 0.478. The average molecular weight is 424 g/mol. The van der Waals surface area contributed by atoms with E-state index in [1.165, 1.54) is 31.2 Å². The highest BCUT2D eigenvalue weighted by Gasteiger charge is 2.19. The van der Waals surface area contributed by atoms with Gasteiger partial charge in [0, 0.05) is 44.1 Å². The highest BCUT2D eigenvalue weighted by Crippen LogP contribution is 2.25. The van der Waals surface area contributed by atoms with Crippen LogP contribution in [-0.2, 0) is 6.42 Å². The molecule has 2 aromatic rings. The molecule has 0 heterocycles. The summed E-state index contributed by atoms with van der Waals surface area (Å²) in [5, 5.41) is 2.95. The summed E-state index contributed by atoms with van der Waals surface area (Å²) in [6, 6.07) is 13.3. The summed E-state index contributed by atoms with van der Waals surface area (Å²) in [6.07, 6.45) is 5.98. The van der Waals surface area contributed by atoms with Gasteiger partial charge in [-0.25, -0.2) is 0 Å². The Bertz CT molecular complexity index is 855. The van der Waals surface area contributed by atoms with Crippen molar-refractivity contribution in [2.75, 3.05) is 37.4 Å². The maximum atomic E-state index is 13.0. The fourth-order valence-corrected chi connectivity index (χ4v) is 3.64. The highest BCUT2D eigenvalue weighted by atomic mass is 16.2. The maximum Gasteiger partial charge on any atom is 0.256 e. The van der Waals surface area contributed by atoms with Gasteiger partial charge in [-0.05, 0) is 62.6 Å². The van der Waals surface area contributed by atoms with Gasteiger partial charge < -0.3 is 15.1 Å². The lowest BCUT2D eigenvalue weighted by Crippen LogP contribution is -2.31. The number of aryl methyl sites for hydroxylation is 1. The van der Waals surface area contributed by atoms with E-state index in [4.69, 9.17) is 0 Å². The summed E-state index contributed by atoms with van der Waals surface area (Å²) in [4.78, 5) is 29.4. The Morgan fingerprint density at radius 3 is 2.13 bits per heavy atom. The van der Waals surface area contributed by atoms with Crippen molar-refractivity contribution in [1.82, 2.24) is 4.90 Å². The smallest absolute Gasteiger partial charge is 0.256 e. The van der Waals surface area contributed by atoms with E-state index in [0.29, 0.717) is 29.9 Å². The molecule has 1 N–H and O–H groups in total. The highest BCUT2D eigenvalue weighted by molar-refractivity contribution is 6.06. The zero-order valence-corrected chi connectivity index (χ0v) is 19.7. The molecule has 0 aliphatic carbocycles. The van der Waals surface area contributed by atoms with Crippen molar-refractivity contribution in [3.63, 3.8) is 0 Å². The lowest BCUT2D eigenvalue weighted by Gasteiger charge is -2.23. The lowest BCUT2D eigenvalue weighted by atomic mass is 10.0. The molecule has 2 amide bonds. The Labute approximate surface area is 187 Å². The van der Waals surface area contributed by atoms with E-state index in [1.807, 2.05) is 69.2 Å².